The van der Waals surface area contributed by atoms with Gasteiger partial charge in [0.1, 0.15) is 0 Å². The second kappa shape index (κ2) is 7.67. The minimum absolute atomic E-state index is 0.00779. The number of aromatic nitrogens is 1. The maximum Gasteiger partial charge on any atom is 0.254 e. The third-order valence-corrected chi connectivity index (χ3v) is 5.36. The predicted molar refractivity (Wildman–Crippen MR) is 103 cm³/mol. The van der Waals surface area contributed by atoms with Crippen LogP contribution < -0.4 is 0 Å². The molecule has 0 radical (unpaired) electrons. The van der Waals surface area contributed by atoms with Gasteiger partial charge >= 0.3 is 0 Å². The van der Waals surface area contributed by atoms with Crippen LogP contribution in [-0.4, -0.2) is 33.5 Å². The lowest BCUT2D eigenvalue weighted by Gasteiger charge is -2.24. The lowest BCUT2D eigenvalue weighted by Crippen LogP contribution is -2.30. The number of hydrogen-bond acceptors (Lipinski definition) is 4. The molecule has 1 N–H and O–H groups in total. The Balaban J connectivity index is 2.07. The number of carbonyl (C=O) groups is 1. The van der Waals surface area contributed by atoms with E-state index in [-0.39, 0.29) is 11.9 Å². The standard InChI is InChI=1S/C20H28N2O2S/c1-13(18-14(2)25-15(3)21-18)22(6)19(23)17-9-7-16(8-10-17)11-12-20(4,5)24/h7-10,13,24H,11-12H2,1-6H3. The average molecular weight is 361 g/mol. The highest BCUT2D eigenvalue weighted by Gasteiger charge is 2.22. The van der Waals surface area contributed by atoms with Gasteiger partial charge < -0.3 is 10.0 Å². The minimum atomic E-state index is -0.673. The molecular formula is C20H28N2O2S. The lowest BCUT2D eigenvalue weighted by atomic mass is 9.98. The van der Waals surface area contributed by atoms with E-state index in [2.05, 4.69) is 4.98 Å². The van der Waals surface area contributed by atoms with Crippen LogP contribution in [0.15, 0.2) is 24.3 Å². The van der Waals surface area contributed by atoms with E-state index in [0.29, 0.717) is 12.0 Å². The summed E-state index contributed by atoms with van der Waals surface area (Å²) in [4.78, 5) is 20.2. The van der Waals surface area contributed by atoms with Crippen LogP contribution in [0.5, 0.6) is 0 Å². The van der Waals surface area contributed by atoms with Crippen molar-refractivity contribution >= 4 is 17.2 Å². The van der Waals surface area contributed by atoms with Gasteiger partial charge in [0.2, 0.25) is 0 Å². The van der Waals surface area contributed by atoms with Crippen molar-refractivity contribution in [1.82, 2.24) is 9.88 Å². The number of aliphatic hydroxyl groups is 1. The number of hydrogen-bond donors (Lipinski definition) is 1. The molecule has 1 unspecified atom stereocenters. The molecule has 1 atom stereocenters. The van der Waals surface area contributed by atoms with Crippen molar-refractivity contribution in [2.24, 2.45) is 0 Å². The van der Waals surface area contributed by atoms with E-state index in [1.807, 2.05) is 65.9 Å². The van der Waals surface area contributed by atoms with Crippen molar-refractivity contribution in [3.8, 4) is 0 Å². The Bertz CT molecular complexity index is 729. The molecule has 0 aliphatic heterocycles. The molecule has 25 heavy (non-hydrogen) atoms. The van der Waals surface area contributed by atoms with Gasteiger partial charge in [-0.05, 0) is 65.2 Å². The number of aryl methyl sites for hydroxylation is 3. The predicted octanol–water partition coefficient (Wildman–Crippen LogP) is 4.30. The van der Waals surface area contributed by atoms with Gasteiger partial charge in [-0.2, -0.15) is 0 Å². The number of carbonyl (C=O) groups excluding carboxylic acids is 1. The summed E-state index contributed by atoms with van der Waals surface area (Å²) < 4.78 is 0. The van der Waals surface area contributed by atoms with Crippen LogP contribution in [0.25, 0.3) is 0 Å². The molecule has 0 bridgehead atoms. The van der Waals surface area contributed by atoms with E-state index < -0.39 is 5.60 Å². The summed E-state index contributed by atoms with van der Waals surface area (Å²) in [5.41, 5.74) is 2.10. The van der Waals surface area contributed by atoms with Crippen LogP contribution in [0.4, 0.5) is 0 Å². The molecule has 136 valence electrons. The molecule has 0 aliphatic rings. The summed E-state index contributed by atoms with van der Waals surface area (Å²) in [6.45, 7) is 9.66. The highest BCUT2D eigenvalue weighted by Crippen LogP contribution is 2.27. The molecule has 1 heterocycles. The zero-order valence-corrected chi connectivity index (χ0v) is 16.8. The van der Waals surface area contributed by atoms with Gasteiger partial charge in [0.25, 0.3) is 5.91 Å². The molecule has 1 amide bonds. The Kier molecular flexibility index (Phi) is 6.01. The first-order valence-electron chi connectivity index (χ1n) is 8.61. The normalized spacial score (nSPS) is 12.9. The molecule has 0 saturated heterocycles. The number of benzene rings is 1. The van der Waals surface area contributed by atoms with Crippen molar-refractivity contribution in [2.45, 2.75) is 59.1 Å². The Morgan fingerprint density at radius 2 is 1.88 bits per heavy atom. The molecule has 0 fully saturated rings. The number of nitrogens with zero attached hydrogens (tertiary/aromatic N) is 2. The summed E-state index contributed by atoms with van der Waals surface area (Å²) in [6.07, 6.45) is 1.49. The van der Waals surface area contributed by atoms with E-state index in [1.54, 1.807) is 16.2 Å². The fourth-order valence-electron chi connectivity index (χ4n) is 2.76. The van der Waals surface area contributed by atoms with Crippen LogP contribution in [0.3, 0.4) is 0 Å². The number of rotatable bonds is 6. The molecule has 4 nitrogen and oxygen atoms in total. The van der Waals surface area contributed by atoms with Gasteiger partial charge in [-0.3, -0.25) is 4.79 Å². The fraction of sp³-hybridized carbons (Fsp3) is 0.500. The van der Waals surface area contributed by atoms with Crippen LogP contribution >= 0.6 is 11.3 Å². The molecule has 1 aromatic heterocycles. The van der Waals surface area contributed by atoms with Gasteiger partial charge in [0.05, 0.1) is 22.3 Å². The van der Waals surface area contributed by atoms with Crippen molar-refractivity contribution in [2.75, 3.05) is 7.05 Å². The minimum Gasteiger partial charge on any atom is -0.390 e. The van der Waals surface area contributed by atoms with Crippen molar-refractivity contribution in [3.05, 3.63) is 51.0 Å². The van der Waals surface area contributed by atoms with Gasteiger partial charge in [-0.1, -0.05) is 12.1 Å². The third kappa shape index (κ3) is 5.13. The Hall–Kier alpha value is -1.72. The first-order chi connectivity index (χ1) is 11.6. The largest absolute Gasteiger partial charge is 0.390 e. The van der Waals surface area contributed by atoms with E-state index in [1.165, 1.54) is 0 Å². The SMILES string of the molecule is Cc1nc(C(C)N(C)C(=O)c2ccc(CCC(C)(C)O)cc2)c(C)s1. The van der Waals surface area contributed by atoms with Crippen molar-refractivity contribution < 1.29 is 9.90 Å². The summed E-state index contributed by atoms with van der Waals surface area (Å²) in [7, 11) is 1.82. The summed E-state index contributed by atoms with van der Waals surface area (Å²) in [6, 6.07) is 7.60. The van der Waals surface area contributed by atoms with Gasteiger partial charge in [0, 0.05) is 17.5 Å². The molecule has 0 saturated carbocycles. The topological polar surface area (TPSA) is 53.4 Å². The number of amides is 1. The van der Waals surface area contributed by atoms with Gasteiger partial charge in [-0.25, -0.2) is 4.98 Å². The third-order valence-electron chi connectivity index (χ3n) is 4.46. The zero-order chi connectivity index (χ0) is 18.8. The molecule has 2 rings (SSSR count). The molecule has 0 spiro atoms. The van der Waals surface area contributed by atoms with Crippen molar-refractivity contribution in [1.29, 1.82) is 0 Å². The monoisotopic (exact) mass is 360 g/mol. The highest BCUT2D eigenvalue weighted by atomic mass is 32.1. The molecule has 2 aromatic rings. The molecular weight excluding hydrogens is 332 g/mol. The van der Waals surface area contributed by atoms with Crippen LogP contribution in [0.2, 0.25) is 0 Å². The second-order valence-corrected chi connectivity index (χ2v) is 8.68. The van der Waals surface area contributed by atoms with Crippen LogP contribution in [0.1, 0.15) is 64.7 Å². The maximum absolute atomic E-state index is 12.8. The summed E-state index contributed by atoms with van der Waals surface area (Å²) in [5, 5.41) is 10.8. The average Bonchev–Trinajstić information content (AvgIpc) is 2.89. The Morgan fingerprint density at radius 1 is 1.28 bits per heavy atom. The fourth-order valence-corrected chi connectivity index (χ4v) is 3.67. The van der Waals surface area contributed by atoms with Crippen LogP contribution in [0, 0.1) is 13.8 Å². The zero-order valence-electron chi connectivity index (χ0n) is 16.0. The van der Waals surface area contributed by atoms with Crippen molar-refractivity contribution in [3.63, 3.8) is 0 Å². The number of thiazole rings is 1. The quantitative estimate of drug-likeness (QED) is 0.836. The second-order valence-electron chi connectivity index (χ2n) is 7.28. The van der Waals surface area contributed by atoms with E-state index in [4.69, 9.17) is 0 Å². The first-order valence-corrected chi connectivity index (χ1v) is 9.42. The van der Waals surface area contributed by atoms with E-state index >= 15 is 0 Å². The van der Waals surface area contributed by atoms with Gasteiger partial charge in [0.15, 0.2) is 0 Å². The van der Waals surface area contributed by atoms with E-state index in [0.717, 1.165) is 27.6 Å². The lowest BCUT2D eigenvalue weighted by molar-refractivity contribution is 0.0710. The maximum atomic E-state index is 12.8. The highest BCUT2D eigenvalue weighted by molar-refractivity contribution is 7.11. The smallest absolute Gasteiger partial charge is 0.254 e. The molecule has 0 aliphatic carbocycles. The summed E-state index contributed by atoms with van der Waals surface area (Å²) >= 11 is 1.66. The van der Waals surface area contributed by atoms with Crippen LogP contribution in [-0.2, 0) is 6.42 Å². The molecule has 5 heteroatoms. The summed E-state index contributed by atoms with van der Waals surface area (Å²) in [5.74, 6) is -0.00779. The first kappa shape index (κ1) is 19.6. The molecule has 1 aromatic carbocycles. The van der Waals surface area contributed by atoms with E-state index in [9.17, 15) is 9.90 Å². The Morgan fingerprint density at radius 3 is 2.36 bits per heavy atom. The Labute approximate surface area is 154 Å². The van der Waals surface area contributed by atoms with Gasteiger partial charge in [-0.15, -0.1) is 11.3 Å².